The van der Waals surface area contributed by atoms with Crippen molar-refractivity contribution < 1.29 is 9.30 Å². The topological polar surface area (TPSA) is 16.4 Å². The zero-order valence-corrected chi connectivity index (χ0v) is 16.0. The van der Waals surface area contributed by atoms with Crippen LogP contribution in [0.25, 0.3) is 6.08 Å². The molecule has 2 aromatic rings. The number of rotatable bonds is 1. The number of aromatic nitrogens is 1. The Hall–Kier alpha value is -2.29. The Labute approximate surface area is 150 Å². The first-order chi connectivity index (χ1) is 11.8. The Kier molecular flexibility index (Phi) is 3.31. The summed E-state index contributed by atoms with van der Waals surface area (Å²) in [5, 5.41) is 0. The van der Waals surface area contributed by atoms with Crippen LogP contribution in [0.2, 0.25) is 0 Å². The molecule has 0 N–H and O–H groups in total. The minimum atomic E-state index is -0.514. The predicted molar refractivity (Wildman–Crippen MR) is 102 cm³/mol. The molecule has 130 valence electrons. The highest BCUT2D eigenvalue weighted by molar-refractivity contribution is 5.71. The summed E-state index contributed by atoms with van der Waals surface area (Å²) in [5.41, 5.74) is 4.28. The fourth-order valence-electron chi connectivity index (χ4n) is 4.43. The Morgan fingerprint density at radius 3 is 2.52 bits per heavy atom. The second-order valence-electron chi connectivity index (χ2n) is 8.02. The molecule has 1 aromatic carbocycles. The van der Waals surface area contributed by atoms with Gasteiger partial charge in [-0.25, -0.2) is 0 Å². The highest BCUT2D eigenvalue weighted by Gasteiger charge is 2.60. The van der Waals surface area contributed by atoms with E-state index in [0.717, 1.165) is 11.4 Å². The number of anilines is 1. The molecule has 1 unspecified atom stereocenters. The van der Waals surface area contributed by atoms with Gasteiger partial charge < -0.3 is 9.64 Å². The van der Waals surface area contributed by atoms with Crippen LogP contribution in [0.15, 0.2) is 42.5 Å². The minimum Gasteiger partial charge on any atom is -0.456 e. The van der Waals surface area contributed by atoms with Crippen molar-refractivity contribution in [1.82, 2.24) is 0 Å². The number of para-hydroxylation sites is 1. The van der Waals surface area contributed by atoms with Gasteiger partial charge in [0.1, 0.15) is 7.05 Å². The Morgan fingerprint density at radius 2 is 1.80 bits per heavy atom. The van der Waals surface area contributed by atoms with Crippen LogP contribution in [0.4, 0.5) is 5.69 Å². The highest BCUT2D eigenvalue weighted by Crippen LogP contribution is 2.55. The molecule has 1 atom stereocenters. The average Bonchev–Trinajstić information content (AvgIpc) is 2.76. The van der Waals surface area contributed by atoms with Crippen molar-refractivity contribution >= 4 is 11.8 Å². The van der Waals surface area contributed by atoms with E-state index in [9.17, 15) is 0 Å². The summed E-state index contributed by atoms with van der Waals surface area (Å²) in [4.78, 5) is 2.43. The molecular weight excluding hydrogens is 308 g/mol. The zero-order valence-electron chi connectivity index (χ0n) is 16.0. The predicted octanol–water partition coefficient (Wildman–Crippen LogP) is 4.13. The normalized spacial score (nSPS) is 22.9. The Balaban J connectivity index is 1.95. The van der Waals surface area contributed by atoms with Crippen LogP contribution >= 0.6 is 0 Å². The minimum absolute atomic E-state index is 0.161. The molecule has 4 rings (SSSR count). The molecule has 1 aromatic heterocycles. The van der Waals surface area contributed by atoms with Crippen molar-refractivity contribution in [2.75, 3.05) is 4.90 Å². The molecule has 3 heterocycles. The molecule has 25 heavy (non-hydrogen) atoms. The Bertz CT molecular complexity index is 882. The van der Waals surface area contributed by atoms with Gasteiger partial charge in [0.2, 0.25) is 11.4 Å². The van der Waals surface area contributed by atoms with E-state index in [-0.39, 0.29) is 5.41 Å². The van der Waals surface area contributed by atoms with Crippen molar-refractivity contribution in [3.8, 4) is 5.75 Å². The first kappa shape index (κ1) is 16.2. The van der Waals surface area contributed by atoms with E-state index in [4.69, 9.17) is 4.74 Å². The number of benzene rings is 1. The van der Waals surface area contributed by atoms with E-state index in [1.807, 2.05) is 0 Å². The second kappa shape index (κ2) is 5.10. The summed E-state index contributed by atoms with van der Waals surface area (Å²) in [6.45, 7) is 11.2. The molecule has 0 amide bonds. The third kappa shape index (κ3) is 1.95. The number of fused-ring (bicyclic) bond motifs is 2. The number of hydrogen-bond acceptors (Lipinski definition) is 2. The highest BCUT2D eigenvalue weighted by atomic mass is 16.5. The quantitative estimate of drug-likeness (QED) is 0.729. The number of hydrogen-bond donors (Lipinski definition) is 0. The summed E-state index contributed by atoms with van der Waals surface area (Å²) >= 11 is 0. The van der Waals surface area contributed by atoms with Crippen molar-refractivity contribution in [1.29, 1.82) is 0 Å². The summed E-state index contributed by atoms with van der Waals surface area (Å²) < 4.78 is 8.99. The molecule has 0 radical (unpaired) electrons. The molecular formula is C22H27N2O+. The second-order valence-corrected chi connectivity index (χ2v) is 8.02. The summed E-state index contributed by atoms with van der Waals surface area (Å²) in [5.74, 6) is 0.946. The summed E-state index contributed by atoms with van der Waals surface area (Å²) in [7, 11) is 2.09. The van der Waals surface area contributed by atoms with E-state index < -0.39 is 5.72 Å². The van der Waals surface area contributed by atoms with Gasteiger partial charge in [0.25, 0.3) is 0 Å². The van der Waals surface area contributed by atoms with Crippen LogP contribution < -0.4 is 14.2 Å². The largest absolute Gasteiger partial charge is 0.456 e. The monoisotopic (exact) mass is 335 g/mol. The van der Waals surface area contributed by atoms with E-state index in [1.165, 1.54) is 16.9 Å². The van der Waals surface area contributed by atoms with Crippen LogP contribution in [0.3, 0.4) is 0 Å². The molecule has 3 heteroatoms. The van der Waals surface area contributed by atoms with E-state index in [0.29, 0.717) is 6.04 Å². The first-order valence-electron chi connectivity index (χ1n) is 9.06. The standard InChI is InChI=1S/C22H27N2O/c1-15(2)24-18-10-8-7-9-17(18)21(4,5)22(24)14-13-19-20(25-22)12-11-16(3)23(19)6/h7-15H,1-6H3/q+1. The first-order valence-corrected chi connectivity index (χ1v) is 9.06. The SMILES string of the molecule is Cc1ccc2c([n+]1C)C=CC1(O2)N(C(C)C)c2ccccc2C1(C)C. The van der Waals surface area contributed by atoms with E-state index >= 15 is 0 Å². The van der Waals surface area contributed by atoms with Crippen molar-refractivity contribution in [2.45, 2.75) is 51.8 Å². The molecule has 2 aliphatic rings. The lowest BCUT2D eigenvalue weighted by atomic mass is 9.76. The lowest BCUT2D eigenvalue weighted by Crippen LogP contribution is -2.62. The number of pyridine rings is 1. The number of aryl methyl sites for hydroxylation is 1. The van der Waals surface area contributed by atoms with Gasteiger partial charge >= 0.3 is 0 Å². The molecule has 0 bridgehead atoms. The number of ether oxygens (including phenoxy) is 1. The molecule has 0 saturated heterocycles. The van der Waals surface area contributed by atoms with Gasteiger partial charge in [0.15, 0.2) is 11.4 Å². The van der Waals surface area contributed by atoms with Crippen molar-refractivity contribution in [2.24, 2.45) is 7.05 Å². The molecule has 0 aliphatic carbocycles. The van der Waals surface area contributed by atoms with Crippen LogP contribution in [0.1, 0.15) is 44.6 Å². The smallest absolute Gasteiger partial charge is 0.247 e. The number of nitrogens with zero attached hydrogens (tertiary/aromatic N) is 2. The van der Waals surface area contributed by atoms with Crippen molar-refractivity contribution in [3.05, 3.63) is 59.4 Å². The van der Waals surface area contributed by atoms with Gasteiger partial charge in [0, 0.05) is 30.8 Å². The summed E-state index contributed by atoms with van der Waals surface area (Å²) in [6.07, 6.45) is 4.49. The fraction of sp³-hybridized carbons (Fsp3) is 0.409. The summed E-state index contributed by atoms with van der Waals surface area (Å²) in [6, 6.07) is 13.3. The average molecular weight is 335 g/mol. The van der Waals surface area contributed by atoms with Gasteiger partial charge in [-0.1, -0.05) is 18.2 Å². The van der Waals surface area contributed by atoms with E-state index in [1.54, 1.807) is 0 Å². The molecule has 0 fully saturated rings. The van der Waals surface area contributed by atoms with E-state index in [2.05, 4.69) is 99.7 Å². The van der Waals surface area contributed by atoms with Crippen LogP contribution in [-0.4, -0.2) is 11.8 Å². The third-order valence-electron chi connectivity index (χ3n) is 5.96. The van der Waals surface area contributed by atoms with Crippen LogP contribution in [0, 0.1) is 6.92 Å². The molecule has 2 aliphatic heterocycles. The van der Waals surface area contributed by atoms with Gasteiger partial charge in [-0.15, -0.1) is 0 Å². The Morgan fingerprint density at radius 1 is 1.08 bits per heavy atom. The van der Waals surface area contributed by atoms with Gasteiger partial charge in [0.05, 0.1) is 5.41 Å². The van der Waals surface area contributed by atoms with Gasteiger partial charge in [-0.05, 0) is 51.5 Å². The van der Waals surface area contributed by atoms with Crippen molar-refractivity contribution in [3.63, 3.8) is 0 Å². The van der Waals surface area contributed by atoms with Gasteiger partial charge in [-0.2, -0.15) is 4.57 Å². The molecule has 0 saturated carbocycles. The fourth-order valence-corrected chi connectivity index (χ4v) is 4.43. The lowest BCUT2D eigenvalue weighted by molar-refractivity contribution is -0.680. The molecule has 1 spiro atoms. The lowest BCUT2D eigenvalue weighted by Gasteiger charge is -2.48. The van der Waals surface area contributed by atoms with Crippen LogP contribution in [-0.2, 0) is 12.5 Å². The van der Waals surface area contributed by atoms with Crippen LogP contribution in [0.5, 0.6) is 5.75 Å². The van der Waals surface area contributed by atoms with Gasteiger partial charge in [-0.3, -0.25) is 0 Å². The third-order valence-corrected chi connectivity index (χ3v) is 5.96. The maximum atomic E-state index is 6.81. The maximum Gasteiger partial charge on any atom is 0.247 e. The zero-order chi connectivity index (χ0) is 18.0. The molecule has 3 nitrogen and oxygen atoms in total. The maximum absolute atomic E-state index is 6.81.